The Morgan fingerprint density at radius 2 is 1.79 bits per heavy atom. The number of benzene rings is 2. The molecule has 0 radical (unpaired) electrons. The molecule has 0 aromatic heterocycles. The molecular formula is C18H21N3O2S. The summed E-state index contributed by atoms with van der Waals surface area (Å²) < 4.78 is 28.6. The fourth-order valence-electron chi connectivity index (χ4n) is 2.14. The van der Waals surface area contributed by atoms with E-state index >= 15 is 0 Å². The Bertz CT molecular complexity index is 813. The second-order valence-corrected chi connectivity index (χ2v) is 7.00. The summed E-state index contributed by atoms with van der Waals surface area (Å²) in [7, 11) is -3.84. The van der Waals surface area contributed by atoms with Gasteiger partial charge in [-0.05, 0) is 24.6 Å². The van der Waals surface area contributed by atoms with Gasteiger partial charge in [0.15, 0.2) is 0 Å². The Morgan fingerprint density at radius 3 is 2.38 bits per heavy atom. The highest BCUT2D eigenvalue weighted by atomic mass is 32.2. The van der Waals surface area contributed by atoms with Crippen LogP contribution in [0, 0.1) is 6.92 Å². The number of sulfonamides is 1. The van der Waals surface area contributed by atoms with Gasteiger partial charge < -0.3 is 10.6 Å². The molecule has 0 atom stereocenters. The largest absolute Gasteiger partial charge is 0.369 e. The summed E-state index contributed by atoms with van der Waals surface area (Å²) in [4.78, 5) is 1.78. The molecule has 0 fully saturated rings. The van der Waals surface area contributed by atoms with Crippen LogP contribution in [0.5, 0.6) is 0 Å². The van der Waals surface area contributed by atoms with Crippen LogP contribution >= 0.6 is 0 Å². The average molecular weight is 343 g/mol. The summed E-state index contributed by atoms with van der Waals surface area (Å²) in [5.74, 6) is -0.0562. The summed E-state index contributed by atoms with van der Waals surface area (Å²) in [6.07, 6.45) is 1.66. The normalized spacial score (nSPS) is 12.0. The number of nitrogens with two attached hydrogens (primary N) is 1. The number of hydrogen-bond donors (Lipinski definition) is 1. The van der Waals surface area contributed by atoms with Gasteiger partial charge in [0.2, 0.25) is 5.96 Å². The van der Waals surface area contributed by atoms with E-state index < -0.39 is 10.0 Å². The summed E-state index contributed by atoms with van der Waals surface area (Å²) in [6, 6.07) is 16.1. The lowest BCUT2D eigenvalue weighted by molar-refractivity contribution is 0.451. The maximum absolute atomic E-state index is 12.4. The van der Waals surface area contributed by atoms with Crippen molar-refractivity contribution in [1.29, 1.82) is 0 Å². The number of hydrogen-bond acceptors (Lipinski definition) is 2. The molecule has 2 rings (SSSR count). The average Bonchev–Trinajstić information content (AvgIpc) is 2.55. The lowest BCUT2D eigenvalue weighted by Crippen LogP contribution is -2.37. The van der Waals surface area contributed by atoms with Crippen LogP contribution in [0.15, 0.2) is 76.5 Å². The smallest absolute Gasteiger partial charge is 0.285 e. The van der Waals surface area contributed by atoms with E-state index in [4.69, 9.17) is 5.73 Å². The van der Waals surface area contributed by atoms with Crippen LogP contribution < -0.4 is 5.73 Å². The van der Waals surface area contributed by atoms with E-state index in [2.05, 4.69) is 11.0 Å². The van der Waals surface area contributed by atoms with Crippen LogP contribution in [0.1, 0.15) is 11.1 Å². The molecule has 24 heavy (non-hydrogen) atoms. The molecule has 2 aromatic rings. The molecule has 0 bridgehead atoms. The molecule has 6 heteroatoms. The minimum absolute atomic E-state index is 0.0562. The van der Waals surface area contributed by atoms with Crippen molar-refractivity contribution in [1.82, 2.24) is 4.90 Å². The molecule has 0 aliphatic carbocycles. The van der Waals surface area contributed by atoms with Crippen molar-refractivity contribution in [3.8, 4) is 0 Å². The first-order valence-corrected chi connectivity index (χ1v) is 8.93. The Hall–Kier alpha value is -2.60. The van der Waals surface area contributed by atoms with E-state index in [-0.39, 0.29) is 10.9 Å². The number of rotatable bonds is 6. The van der Waals surface area contributed by atoms with Crippen molar-refractivity contribution in [3.63, 3.8) is 0 Å². The second kappa shape index (κ2) is 7.79. The predicted octanol–water partition coefficient (Wildman–Crippen LogP) is 2.69. The van der Waals surface area contributed by atoms with E-state index in [0.717, 1.165) is 11.1 Å². The van der Waals surface area contributed by atoms with Gasteiger partial charge in [0.25, 0.3) is 10.0 Å². The first-order valence-electron chi connectivity index (χ1n) is 7.49. The highest BCUT2D eigenvalue weighted by Gasteiger charge is 2.16. The fraction of sp³-hybridized carbons (Fsp3) is 0.167. The van der Waals surface area contributed by atoms with Crippen LogP contribution in [0.2, 0.25) is 0 Å². The molecule has 2 N–H and O–H groups in total. The molecule has 0 heterocycles. The predicted molar refractivity (Wildman–Crippen MR) is 97.0 cm³/mol. The Balaban J connectivity index is 2.27. The zero-order chi connectivity index (χ0) is 17.6. The number of nitrogens with zero attached hydrogens (tertiary/aromatic N) is 2. The van der Waals surface area contributed by atoms with Gasteiger partial charge in [0.05, 0.1) is 4.90 Å². The van der Waals surface area contributed by atoms with Crippen LogP contribution in [0.25, 0.3) is 0 Å². The molecule has 0 aliphatic heterocycles. The molecule has 126 valence electrons. The second-order valence-electron chi connectivity index (χ2n) is 5.39. The number of aryl methyl sites for hydroxylation is 1. The highest BCUT2D eigenvalue weighted by Crippen LogP contribution is 2.14. The lowest BCUT2D eigenvalue weighted by Gasteiger charge is -2.21. The molecule has 2 aromatic carbocycles. The molecule has 0 spiro atoms. The fourth-order valence-corrected chi connectivity index (χ4v) is 3.09. The molecular weight excluding hydrogens is 322 g/mol. The molecule has 0 amide bonds. The summed E-state index contributed by atoms with van der Waals surface area (Å²) >= 11 is 0. The van der Waals surface area contributed by atoms with E-state index in [0.29, 0.717) is 13.1 Å². The van der Waals surface area contributed by atoms with E-state index in [1.165, 1.54) is 12.1 Å². The summed E-state index contributed by atoms with van der Waals surface area (Å²) in [6.45, 7) is 6.42. The van der Waals surface area contributed by atoms with Gasteiger partial charge in [-0.1, -0.05) is 54.1 Å². The lowest BCUT2D eigenvalue weighted by atomic mass is 10.2. The Kier molecular flexibility index (Phi) is 5.76. The van der Waals surface area contributed by atoms with E-state index in [1.807, 2.05) is 37.3 Å². The quantitative estimate of drug-likeness (QED) is 0.497. The monoisotopic (exact) mass is 343 g/mol. The van der Waals surface area contributed by atoms with Crippen molar-refractivity contribution in [2.24, 2.45) is 10.1 Å². The van der Waals surface area contributed by atoms with Crippen LogP contribution in [0.4, 0.5) is 0 Å². The van der Waals surface area contributed by atoms with Gasteiger partial charge in [-0.2, -0.15) is 8.42 Å². The first kappa shape index (κ1) is 17.7. The zero-order valence-corrected chi connectivity index (χ0v) is 14.4. The molecule has 0 aliphatic rings. The summed E-state index contributed by atoms with van der Waals surface area (Å²) in [5, 5.41) is 0. The van der Waals surface area contributed by atoms with E-state index in [1.54, 1.807) is 23.1 Å². The Morgan fingerprint density at radius 1 is 1.17 bits per heavy atom. The standard InChI is InChI=1S/C18H21N3O2S/c1-3-13-21(14-16-7-5-4-6-8-16)18(19)20-24(22,23)17-11-9-15(2)10-12-17/h3-12H,1,13-14H2,2H3,(H2,19,20). The van der Waals surface area contributed by atoms with Crippen molar-refractivity contribution >= 4 is 16.0 Å². The third kappa shape index (κ3) is 4.70. The van der Waals surface area contributed by atoms with Gasteiger partial charge in [-0.3, -0.25) is 0 Å². The van der Waals surface area contributed by atoms with Crippen molar-refractivity contribution in [3.05, 3.63) is 78.4 Å². The Labute approximate surface area is 143 Å². The van der Waals surface area contributed by atoms with Crippen LogP contribution in [0.3, 0.4) is 0 Å². The van der Waals surface area contributed by atoms with Crippen LogP contribution in [-0.4, -0.2) is 25.8 Å². The topological polar surface area (TPSA) is 75.8 Å². The van der Waals surface area contributed by atoms with Gasteiger partial charge in [0.1, 0.15) is 0 Å². The molecule has 0 saturated carbocycles. The van der Waals surface area contributed by atoms with Gasteiger partial charge in [-0.25, -0.2) is 0 Å². The maximum atomic E-state index is 12.4. The zero-order valence-electron chi connectivity index (χ0n) is 13.6. The third-order valence-electron chi connectivity index (χ3n) is 3.42. The highest BCUT2D eigenvalue weighted by molar-refractivity contribution is 7.90. The van der Waals surface area contributed by atoms with Gasteiger partial charge in [-0.15, -0.1) is 11.0 Å². The van der Waals surface area contributed by atoms with Crippen LogP contribution in [-0.2, 0) is 16.6 Å². The summed E-state index contributed by atoms with van der Waals surface area (Å²) in [5.41, 5.74) is 7.93. The SMILES string of the molecule is C=CCN(Cc1ccccc1)/C(N)=N\S(=O)(=O)c1ccc(C)cc1. The molecule has 0 unspecified atom stereocenters. The molecule has 5 nitrogen and oxygen atoms in total. The van der Waals surface area contributed by atoms with Gasteiger partial charge >= 0.3 is 0 Å². The van der Waals surface area contributed by atoms with E-state index in [9.17, 15) is 8.42 Å². The molecule has 0 saturated heterocycles. The van der Waals surface area contributed by atoms with Gasteiger partial charge in [0, 0.05) is 13.1 Å². The van der Waals surface area contributed by atoms with Crippen molar-refractivity contribution in [2.45, 2.75) is 18.4 Å². The van der Waals surface area contributed by atoms with Crippen molar-refractivity contribution < 1.29 is 8.42 Å². The van der Waals surface area contributed by atoms with Crippen molar-refractivity contribution in [2.75, 3.05) is 6.54 Å². The third-order valence-corrected chi connectivity index (χ3v) is 4.72. The minimum Gasteiger partial charge on any atom is -0.369 e. The maximum Gasteiger partial charge on any atom is 0.285 e. The first-order chi connectivity index (χ1) is 11.4. The number of guanidine groups is 1. The minimum atomic E-state index is -3.84.